The van der Waals surface area contributed by atoms with Crippen LogP contribution in [0.2, 0.25) is 0 Å². The Balaban J connectivity index is 3.02. The Morgan fingerprint density at radius 1 is 2.00 bits per heavy atom. The normalized spacial score (nSPS) is 6.86. The van der Waals surface area contributed by atoms with Crippen molar-refractivity contribution in [3.05, 3.63) is 0 Å². The number of carbonyl (C=O) groups excluding carboxylic acids is 1. The highest BCUT2D eigenvalue weighted by Gasteiger charge is 1.86. The van der Waals surface area contributed by atoms with E-state index in [-0.39, 0.29) is 12.4 Å². The summed E-state index contributed by atoms with van der Waals surface area (Å²) in [6, 6.07) is 0. The summed E-state index contributed by atoms with van der Waals surface area (Å²) in [5.74, 6) is -0.0575. The van der Waals surface area contributed by atoms with Gasteiger partial charge in [0.1, 0.15) is 6.11 Å². The quantitative estimate of drug-likeness (QED) is 0.460. The standard InChI is InChI=1S/C5H6O2/c1-3-7-4-5(2)6/h1H,4H2,2H3. The number of ether oxygens (including phenoxy) is 1. The minimum atomic E-state index is -0.0575. The first kappa shape index (κ1) is 6.03. The Bertz CT molecular complexity index is 99.1. The molecule has 0 saturated carbocycles. The van der Waals surface area contributed by atoms with Crippen molar-refractivity contribution < 1.29 is 9.53 Å². The van der Waals surface area contributed by atoms with E-state index in [1.807, 2.05) is 6.11 Å². The molecule has 0 saturated heterocycles. The van der Waals surface area contributed by atoms with E-state index in [2.05, 4.69) is 11.2 Å². The molecule has 2 nitrogen and oxygen atoms in total. The average Bonchev–Trinajstić information content (AvgIpc) is 1.61. The van der Waals surface area contributed by atoms with Crippen molar-refractivity contribution in [2.75, 3.05) is 6.61 Å². The van der Waals surface area contributed by atoms with Gasteiger partial charge in [0.25, 0.3) is 0 Å². The number of hydrogen-bond donors (Lipinski definition) is 0. The van der Waals surface area contributed by atoms with Crippen LogP contribution in [0.3, 0.4) is 0 Å². The molecule has 0 aromatic heterocycles. The molecule has 0 aliphatic heterocycles. The minimum absolute atomic E-state index is 0.0243. The summed E-state index contributed by atoms with van der Waals surface area (Å²) < 4.78 is 4.27. The fourth-order valence-electron chi connectivity index (χ4n) is 0.143. The Hall–Kier alpha value is -0.970. The van der Waals surface area contributed by atoms with Crippen molar-refractivity contribution in [2.24, 2.45) is 0 Å². The molecular formula is C5H6O2. The van der Waals surface area contributed by atoms with Crippen molar-refractivity contribution in [3.63, 3.8) is 0 Å². The van der Waals surface area contributed by atoms with Crippen LogP contribution in [0.25, 0.3) is 0 Å². The van der Waals surface area contributed by atoms with E-state index in [0.29, 0.717) is 0 Å². The summed E-state index contributed by atoms with van der Waals surface area (Å²) in [6.07, 6.45) is 6.53. The zero-order valence-corrected chi connectivity index (χ0v) is 4.10. The van der Waals surface area contributed by atoms with E-state index in [1.54, 1.807) is 0 Å². The van der Waals surface area contributed by atoms with E-state index in [1.165, 1.54) is 6.92 Å². The molecule has 7 heavy (non-hydrogen) atoms. The monoisotopic (exact) mass is 98.0 g/mol. The molecule has 38 valence electrons. The van der Waals surface area contributed by atoms with E-state index in [0.717, 1.165) is 0 Å². The van der Waals surface area contributed by atoms with Crippen LogP contribution >= 0.6 is 0 Å². The molecule has 0 heterocycles. The number of terminal acetylenes is 1. The highest BCUT2D eigenvalue weighted by atomic mass is 16.5. The number of ketones is 1. The third-order valence-corrected chi connectivity index (χ3v) is 0.359. The van der Waals surface area contributed by atoms with E-state index < -0.39 is 0 Å². The molecule has 2 heteroatoms. The highest BCUT2D eigenvalue weighted by molar-refractivity contribution is 5.76. The van der Waals surface area contributed by atoms with Gasteiger partial charge in [-0.05, 0) is 6.92 Å². The van der Waals surface area contributed by atoms with Gasteiger partial charge in [-0.2, -0.15) is 0 Å². The molecule has 0 fully saturated rings. The molecule has 0 radical (unpaired) electrons. The van der Waals surface area contributed by atoms with Crippen molar-refractivity contribution in [1.29, 1.82) is 0 Å². The van der Waals surface area contributed by atoms with Crippen LogP contribution < -0.4 is 0 Å². The summed E-state index contributed by atoms with van der Waals surface area (Å²) in [5, 5.41) is 0. The smallest absolute Gasteiger partial charge is 0.168 e. The van der Waals surface area contributed by atoms with Gasteiger partial charge in [-0.25, -0.2) is 0 Å². The van der Waals surface area contributed by atoms with E-state index in [9.17, 15) is 4.79 Å². The maximum Gasteiger partial charge on any atom is 0.168 e. The summed E-state index contributed by atoms with van der Waals surface area (Å²) in [6.45, 7) is 1.44. The molecular weight excluding hydrogens is 92.1 g/mol. The lowest BCUT2D eigenvalue weighted by atomic mass is 10.5. The van der Waals surface area contributed by atoms with E-state index >= 15 is 0 Å². The SMILES string of the molecule is C#COCC(C)=O. The number of hydrogen-bond acceptors (Lipinski definition) is 2. The Kier molecular flexibility index (Phi) is 2.78. The molecule has 0 rings (SSSR count). The fraction of sp³-hybridized carbons (Fsp3) is 0.400. The highest BCUT2D eigenvalue weighted by Crippen LogP contribution is 1.69. The second-order valence-electron chi connectivity index (χ2n) is 1.11. The number of rotatable bonds is 2. The molecule has 0 spiro atoms. The largest absolute Gasteiger partial charge is 0.439 e. The lowest BCUT2D eigenvalue weighted by Gasteiger charge is -1.86. The average molecular weight is 98.1 g/mol. The van der Waals surface area contributed by atoms with Crippen molar-refractivity contribution >= 4 is 5.78 Å². The van der Waals surface area contributed by atoms with Gasteiger partial charge < -0.3 is 4.74 Å². The Morgan fingerprint density at radius 3 is 2.71 bits per heavy atom. The molecule has 0 aliphatic carbocycles. The molecule has 0 bridgehead atoms. The summed E-state index contributed by atoms with van der Waals surface area (Å²) in [7, 11) is 0. The topological polar surface area (TPSA) is 26.3 Å². The third kappa shape index (κ3) is 5.03. The maximum absolute atomic E-state index is 9.98. The van der Waals surface area contributed by atoms with E-state index in [4.69, 9.17) is 0 Å². The zero-order valence-electron chi connectivity index (χ0n) is 4.10. The van der Waals surface area contributed by atoms with Crippen molar-refractivity contribution in [3.8, 4) is 12.5 Å². The van der Waals surface area contributed by atoms with Crippen LogP contribution in [0.15, 0.2) is 0 Å². The van der Waals surface area contributed by atoms with Gasteiger partial charge in [-0.15, -0.1) is 0 Å². The van der Waals surface area contributed by atoms with Gasteiger partial charge in [0.2, 0.25) is 0 Å². The second kappa shape index (κ2) is 3.23. The molecule has 0 aliphatic rings. The second-order valence-corrected chi connectivity index (χ2v) is 1.11. The van der Waals surface area contributed by atoms with Crippen LogP contribution in [-0.4, -0.2) is 12.4 Å². The first-order chi connectivity index (χ1) is 3.27. The van der Waals surface area contributed by atoms with Gasteiger partial charge in [-0.1, -0.05) is 6.42 Å². The lowest BCUT2D eigenvalue weighted by molar-refractivity contribution is -0.119. The Labute approximate surface area is 42.5 Å². The molecule has 0 unspecified atom stereocenters. The molecule has 0 N–H and O–H groups in total. The van der Waals surface area contributed by atoms with Crippen LogP contribution in [0, 0.1) is 12.5 Å². The number of carbonyl (C=O) groups is 1. The lowest BCUT2D eigenvalue weighted by Crippen LogP contribution is -1.98. The number of Topliss-reactive ketones (excluding diaryl/α,β-unsaturated/α-hetero) is 1. The van der Waals surface area contributed by atoms with Gasteiger partial charge in [-0.3, -0.25) is 4.79 Å². The van der Waals surface area contributed by atoms with Gasteiger partial charge >= 0.3 is 0 Å². The molecule has 0 amide bonds. The van der Waals surface area contributed by atoms with Crippen molar-refractivity contribution in [1.82, 2.24) is 0 Å². The molecule has 0 aromatic rings. The summed E-state index contributed by atoms with van der Waals surface area (Å²) in [5.41, 5.74) is 0. The van der Waals surface area contributed by atoms with Gasteiger partial charge in [0.15, 0.2) is 12.4 Å². The predicted molar refractivity (Wildman–Crippen MR) is 25.5 cm³/mol. The summed E-state index contributed by atoms with van der Waals surface area (Å²) in [4.78, 5) is 9.98. The van der Waals surface area contributed by atoms with Crippen LogP contribution in [0.4, 0.5) is 0 Å². The minimum Gasteiger partial charge on any atom is -0.439 e. The van der Waals surface area contributed by atoms with Gasteiger partial charge in [0, 0.05) is 0 Å². The summed E-state index contributed by atoms with van der Waals surface area (Å²) >= 11 is 0. The maximum atomic E-state index is 9.98. The van der Waals surface area contributed by atoms with Gasteiger partial charge in [0.05, 0.1) is 0 Å². The first-order valence-corrected chi connectivity index (χ1v) is 1.84. The van der Waals surface area contributed by atoms with Crippen LogP contribution in [0.5, 0.6) is 0 Å². The molecule has 0 atom stereocenters. The first-order valence-electron chi connectivity index (χ1n) is 1.84. The fourth-order valence-corrected chi connectivity index (χ4v) is 0.143. The zero-order chi connectivity index (χ0) is 5.70. The van der Waals surface area contributed by atoms with Crippen molar-refractivity contribution in [2.45, 2.75) is 6.92 Å². The van der Waals surface area contributed by atoms with Crippen LogP contribution in [-0.2, 0) is 9.53 Å². The third-order valence-electron chi connectivity index (χ3n) is 0.359. The molecule has 0 aromatic carbocycles. The Morgan fingerprint density at radius 2 is 2.57 bits per heavy atom. The predicted octanol–water partition coefficient (Wildman–Crippen LogP) is 0.183. The van der Waals surface area contributed by atoms with Crippen LogP contribution in [0.1, 0.15) is 6.92 Å².